The summed E-state index contributed by atoms with van der Waals surface area (Å²) in [6, 6.07) is 4.39. The number of rotatable bonds is 3. The van der Waals surface area contributed by atoms with Crippen molar-refractivity contribution in [1.29, 1.82) is 0 Å². The third kappa shape index (κ3) is 2.33. The van der Waals surface area contributed by atoms with Gasteiger partial charge in [-0.1, -0.05) is 30.6 Å². The molecule has 1 aromatic heterocycles. The predicted octanol–water partition coefficient (Wildman–Crippen LogP) is 3.42. The number of halogens is 1. The van der Waals surface area contributed by atoms with Crippen LogP contribution in [0.15, 0.2) is 22.7 Å². The van der Waals surface area contributed by atoms with Crippen LogP contribution in [0.3, 0.4) is 0 Å². The first-order valence-corrected chi connectivity index (χ1v) is 5.64. The van der Waals surface area contributed by atoms with Crippen LogP contribution in [0.5, 0.6) is 0 Å². The molecule has 0 saturated carbocycles. The van der Waals surface area contributed by atoms with E-state index in [0.717, 1.165) is 0 Å². The van der Waals surface area contributed by atoms with Crippen molar-refractivity contribution in [2.45, 2.75) is 19.8 Å². The summed E-state index contributed by atoms with van der Waals surface area (Å²) in [5.74, 6) is 0.912. The molecule has 0 bridgehead atoms. The lowest BCUT2D eigenvalue weighted by atomic mass is 10.2. The zero-order valence-corrected chi connectivity index (χ0v) is 10.5. The molecule has 0 aliphatic rings. The summed E-state index contributed by atoms with van der Waals surface area (Å²) in [5, 5.41) is 14.6. The maximum absolute atomic E-state index is 10.8. The minimum absolute atomic E-state index is 0.0799. The van der Waals surface area contributed by atoms with Crippen molar-refractivity contribution < 1.29 is 9.45 Å². The summed E-state index contributed by atoms with van der Waals surface area (Å²) < 4.78 is 5.05. The molecule has 0 spiro atoms. The number of nitrogens with zero attached hydrogens (tertiary/aromatic N) is 3. The molecule has 0 radical (unpaired) electrons. The lowest BCUT2D eigenvalue weighted by molar-refractivity contribution is -0.384. The summed E-state index contributed by atoms with van der Waals surface area (Å²) in [4.78, 5) is 14.4. The van der Waals surface area contributed by atoms with E-state index in [4.69, 9.17) is 16.1 Å². The molecule has 0 N–H and O–H groups in total. The van der Waals surface area contributed by atoms with Gasteiger partial charge < -0.3 is 4.52 Å². The minimum atomic E-state index is -0.546. The second-order valence-corrected chi connectivity index (χ2v) is 4.44. The molecule has 6 nitrogen and oxygen atoms in total. The average Bonchev–Trinajstić information content (AvgIpc) is 2.78. The van der Waals surface area contributed by atoms with Crippen molar-refractivity contribution in [3.8, 4) is 11.4 Å². The molecular formula is C11H10ClN3O3. The van der Waals surface area contributed by atoms with E-state index in [9.17, 15) is 10.1 Å². The Hall–Kier alpha value is -1.95. The van der Waals surface area contributed by atoms with Gasteiger partial charge in [-0.05, 0) is 12.1 Å². The molecule has 0 atom stereocenters. The number of hydrogen-bond donors (Lipinski definition) is 0. The maximum Gasteiger partial charge on any atom is 0.288 e. The average molecular weight is 268 g/mol. The Labute approximate surface area is 108 Å². The molecule has 94 valence electrons. The summed E-state index contributed by atoms with van der Waals surface area (Å²) in [7, 11) is 0. The van der Waals surface area contributed by atoms with Gasteiger partial charge in [0.15, 0.2) is 0 Å². The SMILES string of the molecule is CC(C)c1nc(-c2ccc(Cl)c([N+](=O)[O-])c2)no1. The van der Waals surface area contributed by atoms with Crippen molar-refractivity contribution in [3.63, 3.8) is 0 Å². The summed E-state index contributed by atoms with van der Waals surface area (Å²) in [6.45, 7) is 3.84. The van der Waals surface area contributed by atoms with E-state index < -0.39 is 4.92 Å². The first-order valence-electron chi connectivity index (χ1n) is 5.27. The Morgan fingerprint density at radius 1 is 1.44 bits per heavy atom. The van der Waals surface area contributed by atoms with Crippen LogP contribution in [-0.4, -0.2) is 15.1 Å². The van der Waals surface area contributed by atoms with Crippen molar-refractivity contribution >= 4 is 17.3 Å². The number of nitro groups is 1. The molecule has 1 heterocycles. The smallest absolute Gasteiger partial charge is 0.288 e. The van der Waals surface area contributed by atoms with E-state index in [-0.39, 0.29) is 16.6 Å². The molecule has 0 aliphatic heterocycles. The van der Waals surface area contributed by atoms with Crippen LogP contribution in [0, 0.1) is 10.1 Å². The van der Waals surface area contributed by atoms with E-state index in [2.05, 4.69) is 10.1 Å². The van der Waals surface area contributed by atoms with Gasteiger partial charge in [0, 0.05) is 17.5 Å². The molecule has 2 aromatic rings. The van der Waals surface area contributed by atoms with Gasteiger partial charge in [0.2, 0.25) is 11.7 Å². The normalized spacial score (nSPS) is 10.9. The fourth-order valence-corrected chi connectivity index (χ4v) is 1.57. The molecule has 7 heteroatoms. The molecule has 0 saturated heterocycles. The molecular weight excluding hydrogens is 258 g/mol. The van der Waals surface area contributed by atoms with Gasteiger partial charge in [-0.2, -0.15) is 4.98 Å². The predicted molar refractivity (Wildman–Crippen MR) is 65.5 cm³/mol. The highest BCUT2D eigenvalue weighted by atomic mass is 35.5. The molecule has 0 fully saturated rings. The molecule has 2 rings (SSSR count). The highest BCUT2D eigenvalue weighted by molar-refractivity contribution is 6.32. The Kier molecular flexibility index (Phi) is 3.29. The lowest BCUT2D eigenvalue weighted by Crippen LogP contribution is -1.91. The third-order valence-corrected chi connectivity index (χ3v) is 2.66. The maximum atomic E-state index is 10.8. The Bertz CT molecular complexity index is 595. The van der Waals surface area contributed by atoms with E-state index in [1.807, 2.05) is 13.8 Å². The second kappa shape index (κ2) is 4.73. The third-order valence-electron chi connectivity index (χ3n) is 2.34. The Morgan fingerprint density at radius 2 is 2.17 bits per heavy atom. The topological polar surface area (TPSA) is 82.1 Å². The first-order chi connectivity index (χ1) is 8.49. The fourth-order valence-electron chi connectivity index (χ4n) is 1.38. The van der Waals surface area contributed by atoms with Gasteiger partial charge in [-0.15, -0.1) is 0 Å². The zero-order chi connectivity index (χ0) is 13.3. The largest absolute Gasteiger partial charge is 0.339 e. The van der Waals surface area contributed by atoms with Crippen LogP contribution in [0.1, 0.15) is 25.7 Å². The standard InChI is InChI=1S/C11H10ClN3O3/c1-6(2)11-13-10(14-18-11)7-3-4-8(12)9(5-7)15(16)17/h3-6H,1-2H3. The summed E-state index contributed by atoms with van der Waals surface area (Å²) >= 11 is 5.73. The van der Waals surface area contributed by atoms with Crippen molar-refractivity contribution in [2.24, 2.45) is 0 Å². The van der Waals surface area contributed by atoms with Crippen LogP contribution < -0.4 is 0 Å². The van der Waals surface area contributed by atoms with Gasteiger partial charge in [-0.25, -0.2) is 0 Å². The molecule has 0 amide bonds. The van der Waals surface area contributed by atoms with E-state index in [1.54, 1.807) is 6.07 Å². The van der Waals surface area contributed by atoms with E-state index in [0.29, 0.717) is 17.3 Å². The zero-order valence-electron chi connectivity index (χ0n) is 9.75. The van der Waals surface area contributed by atoms with Gasteiger partial charge in [-0.3, -0.25) is 10.1 Å². The molecule has 18 heavy (non-hydrogen) atoms. The Balaban J connectivity index is 2.44. The summed E-state index contributed by atoms with van der Waals surface area (Å²) in [6.07, 6.45) is 0. The number of hydrogen-bond acceptors (Lipinski definition) is 5. The van der Waals surface area contributed by atoms with Crippen LogP contribution in [0.4, 0.5) is 5.69 Å². The number of aromatic nitrogens is 2. The second-order valence-electron chi connectivity index (χ2n) is 4.03. The van der Waals surface area contributed by atoms with Gasteiger partial charge in [0.1, 0.15) is 5.02 Å². The van der Waals surface area contributed by atoms with Gasteiger partial charge in [0.25, 0.3) is 5.69 Å². The quantitative estimate of drug-likeness (QED) is 0.628. The van der Waals surface area contributed by atoms with Crippen molar-refractivity contribution in [3.05, 3.63) is 39.2 Å². The monoisotopic (exact) mass is 267 g/mol. The van der Waals surface area contributed by atoms with Crippen LogP contribution in [0.2, 0.25) is 5.02 Å². The molecule has 1 aromatic carbocycles. The number of nitro benzene ring substituents is 1. The van der Waals surface area contributed by atoms with Crippen LogP contribution in [0.25, 0.3) is 11.4 Å². The van der Waals surface area contributed by atoms with E-state index >= 15 is 0 Å². The molecule has 0 aliphatic carbocycles. The van der Waals surface area contributed by atoms with E-state index in [1.165, 1.54) is 12.1 Å². The lowest BCUT2D eigenvalue weighted by Gasteiger charge is -1.97. The highest BCUT2D eigenvalue weighted by Gasteiger charge is 2.17. The molecule has 0 unspecified atom stereocenters. The fraction of sp³-hybridized carbons (Fsp3) is 0.273. The number of benzene rings is 1. The van der Waals surface area contributed by atoms with Gasteiger partial charge >= 0.3 is 0 Å². The van der Waals surface area contributed by atoms with Gasteiger partial charge in [0.05, 0.1) is 4.92 Å². The summed E-state index contributed by atoms with van der Waals surface area (Å²) in [5.41, 5.74) is 0.326. The Morgan fingerprint density at radius 3 is 2.72 bits per heavy atom. The first kappa shape index (κ1) is 12.5. The van der Waals surface area contributed by atoms with Crippen LogP contribution >= 0.6 is 11.6 Å². The van der Waals surface area contributed by atoms with Crippen LogP contribution in [-0.2, 0) is 0 Å². The highest BCUT2D eigenvalue weighted by Crippen LogP contribution is 2.29. The van der Waals surface area contributed by atoms with Crippen molar-refractivity contribution in [2.75, 3.05) is 0 Å². The minimum Gasteiger partial charge on any atom is -0.339 e. The van der Waals surface area contributed by atoms with Crippen molar-refractivity contribution in [1.82, 2.24) is 10.1 Å².